The van der Waals surface area contributed by atoms with Crippen molar-refractivity contribution in [2.45, 2.75) is 6.61 Å². The Balaban J connectivity index is 2.03. The molecule has 104 valence electrons. The molecule has 0 saturated heterocycles. The lowest BCUT2D eigenvalue weighted by atomic mass is 10.2. The first-order chi connectivity index (χ1) is 9.60. The third kappa shape index (κ3) is 3.42. The first kappa shape index (κ1) is 14.2. The molecule has 4 nitrogen and oxygen atoms in total. The fraction of sp³-hybridized carbons (Fsp3) is 0.133. The van der Waals surface area contributed by atoms with Gasteiger partial charge in [0, 0.05) is 5.56 Å². The van der Waals surface area contributed by atoms with Gasteiger partial charge in [-0.1, -0.05) is 23.7 Å². The van der Waals surface area contributed by atoms with Crippen LogP contribution in [-0.2, 0) is 6.61 Å². The normalized spacial score (nSPS) is 10.1. The highest BCUT2D eigenvalue weighted by Gasteiger charge is 2.05. The van der Waals surface area contributed by atoms with Gasteiger partial charge in [0.25, 0.3) is 0 Å². The summed E-state index contributed by atoms with van der Waals surface area (Å²) in [5.74, 6) is 1.38. The first-order valence-electron chi connectivity index (χ1n) is 6.00. The van der Waals surface area contributed by atoms with Gasteiger partial charge in [-0.3, -0.25) is 5.41 Å². The number of halogens is 1. The Morgan fingerprint density at radius 1 is 1.15 bits per heavy atom. The molecular formula is C15H15ClN2O2. The highest BCUT2D eigenvalue weighted by Crippen LogP contribution is 2.23. The van der Waals surface area contributed by atoms with Crippen molar-refractivity contribution >= 4 is 17.4 Å². The van der Waals surface area contributed by atoms with Gasteiger partial charge in [0.05, 0.1) is 12.1 Å². The summed E-state index contributed by atoms with van der Waals surface area (Å²) in [7, 11) is 1.63. The van der Waals surface area contributed by atoms with Crippen molar-refractivity contribution in [3.8, 4) is 11.5 Å². The van der Waals surface area contributed by atoms with Crippen LogP contribution in [0.2, 0.25) is 5.02 Å². The van der Waals surface area contributed by atoms with E-state index in [-0.39, 0.29) is 5.84 Å². The van der Waals surface area contributed by atoms with Crippen LogP contribution in [0.4, 0.5) is 0 Å². The van der Waals surface area contributed by atoms with E-state index in [9.17, 15) is 0 Å². The molecule has 0 fully saturated rings. The molecule has 0 atom stereocenters. The summed E-state index contributed by atoms with van der Waals surface area (Å²) in [6, 6.07) is 12.7. The topological polar surface area (TPSA) is 68.3 Å². The summed E-state index contributed by atoms with van der Waals surface area (Å²) in [6.45, 7) is 0.430. The number of amidine groups is 1. The van der Waals surface area contributed by atoms with E-state index in [0.29, 0.717) is 22.9 Å². The van der Waals surface area contributed by atoms with E-state index in [0.717, 1.165) is 11.3 Å². The van der Waals surface area contributed by atoms with Crippen molar-refractivity contribution in [1.82, 2.24) is 0 Å². The summed E-state index contributed by atoms with van der Waals surface area (Å²) in [4.78, 5) is 0. The van der Waals surface area contributed by atoms with Crippen LogP contribution in [0.25, 0.3) is 0 Å². The molecule has 2 aromatic carbocycles. The molecule has 3 N–H and O–H groups in total. The minimum Gasteiger partial charge on any atom is -0.497 e. The second kappa shape index (κ2) is 6.30. The third-order valence-corrected chi connectivity index (χ3v) is 3.11. The van der Waals surface area contributed by atoms with E-state index < -0.39 is 0 Å². The molecule has 0 bridgehead atoms. The fourth-order valence-electron chi connectivity index (χ4n) is 1.69. The lowest BCUT2D eigenvalue weighted by molar-refractivity contribution is 0.306. The lowest BCUT2D eigenvalue weighted by Crippen LogP contribution is -2.11. The average Bonchev–Trinajstić information content (AvgIpc) is 2.45. The van der Waals surface area contributed by atoms with E-state index >= 15 is 0 Å². The summed E-state index contributed by atoms with van der Waals surface area (Å²) in [5, 5.41) is 7.77. The molecule has 0 spiro atoms. The van der Waals surface area contributed by atoms with Crippen molar-refractivity contribution in [3.05, 3.63) is 58.6 Å². The Hall–Kier alpha value is -2.20. The number of nitrogens with two attached hydrogens (primary N) is 1. The maximum atomic E-state index is 7.36. The van der Waals surface area contributed by atoms with Crippen molar-refractivity contribution in [1.29, 1.82) is 5.41 Å². The number of nitrogens with one attached hydrogen (secondary N) is 1. The number of hydrogen-bond donors (Lipinski definition) is 2. The van der Waals surface area contributed by atoms with Crippen LogP contribution < -0.4 is 15.2 Å². The molecule has 0 aromatic heterocycles. The number of ether oxygens (including phenoxy) is 2. The van der Waals surface area contributed by atoms with E-state index in [1.807, 2.05) is 24.3 Å². The first-order valence-corrected chi connectivity index (χ1v) is 6.37. The molecule has 0 aliphatic heterocycles. The van der Waals surface area contributed by atoms with E-state index in [4.69, 9.17) is 32.2 Å². The van der Waals surface area contributed by atoms with Crippen molar-refractivity contribution in [2.24, 2.45) is 5.73 Å². The summed E-state index contributed by atoms with van der Waals surface area (Å²) in [5.41, 5.74) is 6.93. The molecule has 0 heterocycles. The zero-order valence-electron chi connectivity index (χ0n) is 11.0. The number of hydrogen-bond acceptors (Lipinski definition) is 3. The zero-order chi connectivity index (χ0) is 14.5. The summed E-state index contributed by atoms with van der Waals surface area (Å²) in [6.07, 6.45) is 0. The molecule has 0 amide bonds. The van der Waals surface area contributed by atoms with Crippen LogP contribution in [0.3, 0.4) is 0 Å². The minimum atomic E-state index is -0.0586. The van der Waals surface area contributed by atoms with Crippen LogP contribution in [-0.4, -0.2) is 12.9 Å². The van der Waals surface area contributed by atoms with Gasteiger partial charge in [-0.05, 0) is 35.9 Å². The number of nitrogen functional groups attached to an aromatic ring is 1. The van der Waals surface area contributed by atoms with Crippen molar-refractivity contribution in [2.75, 3.05) is 7.11 Å². The van der Waals surface area contributed by atoms with Crippen LogP contribution >= 0.6 is 11.6 Å². The second-order valence-electron chi connectivity index (χ2n) is 4.19. The van der Waals surface area contributed by atoms with Gasteiger partial charge in [0.15, 0.2) is 0 Å². The molecule has 20 heavy (non-hydrogen) atoms. The fourth-order valence-corrected chi connectivity index (χ4v) is 1.96. The molecule has 5 heteroatoms. The Morgan fingerprint density at radius 3 is 2.35 bits per heavy atom. The summed E-state index contributed by atoms with van der Waals surface area (Å²) >= 11 is 6.03. The zero-order valence-corrected chi connectivity index (χ0v) is 11.8. The smallest absolute Gasteiger partial charge is 0.124 e. The van der Waals surface area contributed by atoms with E-state index in [1.54, 1.807) is 25.3 Å². The number of benzene rings is 2. The molecule has 0 radical (unpaired) electrons. The van der Waals surface area contributed by atoms with Crippen LogP contribution in [0.5, 0.6) is 11.5 Å². The molecular weight excluding hydrogens is 276 g/mol. The van der Waals surface area contributed by atoms with Crippen molar-refractivity contribution in [3.63, 3.8) is 0 Å². The predicted molar refractivity (Wildman–Crippen MR) is 79.8 cm³/mol. The van der Waals surface area contributed by atoms with Gasteiger partial charge in [0.2, 0.25) is 0 Å². The van der Waals surface area contributed by atoms with Gasteiger partial charge >= 0.3 is 0 Å². The Morgan fingerprint density at radius 2 is 1.80 bits per heavy atom. The standard InChI is InChI=1S/C15H15ClN2O2/c1-19-11-4-2-10(3-5-11)9-20-12-6-7-13(15(17)18)14(16)8-12/h2-8H,9H2,1H3,(H3,17,18). The average molecular weight is 291 g/mol. The highest BCUT2D eigenvalue weighted by molar-refractivity contribution is 6.34. The monoisotopic (exact) mass is 290 g/mol. The molecule has 0 saturated carbocycles. The second-order valence-corrected chi connectivity index (χ2v) is 4.60. The van der Waals surface area contributed by atoms with Gasteiger partial charge in [-0.25, -0.2) is 0 Å². The summed E-state index contributed by atoms with van der Waals surface area (Å²) < 4.78 is 10.7. The minimum absolute atomic E-state index is 0.0586. The Labute approximate surface area is 122 Å². The van der Waals surface area contributed by atoms with E-state index in [1.165, 1.54) is 0 Å². The van der Waals surface area contributed by atoms with Gasteiger partial charge in [-0.2, -0.15) is 0 Å². The SMILES string of the molecule is COc1ccc(COc2ccc(C(=N)N)c(Cl)c2)cc1. The van der Waals surface area contributed by atoms with Crippen LogP contribution in [0.1, 0.15) is 11.1 Å². The molecule has 0 aliphatic rings. The maximum Gasteiger partial charge on any atom is 0.124 e. The quantitative estimate of drug-likeness (QED) is 0.656. The Bertz CT molecular complexity index is 612. The predicted octanol–water partition coefficient (Wildman–Crippen LogP) is 3.21. The largest absolute Gasteiger partial charge is 0.497 e. The lowest BCUT2D eigenvalue weighted by Gasteiger charge is -2.09. The molecule has 2 aromatic rings. The highest BCUT2D eigenvalue weighted by atomic mass is 35.5. The van der Waals surface area contributed by atoms with Crippen molar-refractivity contribution < 1.29 is 9.47 Å². The van der Waals surface area contributed by atoms with Crippen LogP contribution in [0, 0.1) is 5.41 Å². The van der Waals surface area contributed by atoms with Gasteiger partial charge in [-0.15, -0.1) is 0 Å². The third-order valence-electron chi connectivity index (χ3n) is 2.80. The molecule has 2 rings (SSSR count). The maximum absolute atomic E-state index is 7.36. The van der Waals surface area contributed by atoms with Gasteiger partial charge < -0.3 is 15.2 Å². The van der Waals surface area contributed by atoms with Gasteiger partial charge in [0.1, 0.15) is 23.9 Å². The molecule has 0 aliphatic carbocycles. The molecule has 0 unspecified atom stereocenters. The number of rotatable bonds is 5. The Kier molecular flexibility index (Phi) is 4.48. The number of methoxy groups -OCH3 is 1. The van der Waals surface area contributed by atoms with E-state index in [2.05, 4.69) is 0 Å². The van der Waals surface area contributed by atoms with Crippen LogP contribution in [0.15, 0.2) is 42.5 Å².